The smallest absolute Gasteiger partial charge is 0.337 e. The molecular formula is C19H22O3S. The molecule has 2 N–H and O–H groups in total. The van der Waals surface area contributed by atoms with Crippen molar-refractivity contribution in [2.75, 3.05) is 0 Å². The van der Waals surface area contributed by atoms with Gasteiger partial charge in [-0.15, -0.1) is 11.3 Å². The summed E-state index contributed by atoms with van der Waals surface area (Å²) in [6.07, 6.45) is 2.89. The first-order valence-electron chi connectivity index (χ1n) is 7.91. The fraction of sp³-hybridized carbons (Fsp3) is 0.421. The third-order valence-electron chi connectivity index (χ3n) is 4.71. The number of hydrogen-bond donors (Lipinski definition) is 2. The topological polar surface area (TPSA) is 57.5 Å². The van der Waals surface area contributed by atoms with E-state index in [1.165, 1.54) is 4.88 Å². The number of fused-ring (bicyclic) bond motifs is 1. The van der Waals surface area contributed by atoms with Crippen molar-refractivity contribution in [2.45, 2.75) is 46.6 Å². The molecule has 2 aromatic rings. The number of aliphatic hydroxyl groups is 1. The van der Waals surface area contributed by atoms with Crippen LogP contribution in [-0.4, -0.2) is 16.2 Å². The van der Waals surface area contributed by atoms with Crippen molar-refractivity contribution in [1.82, 2.24) is 0 Å². The number of aliphatic hydroxyl groups excluding tert-OH is 1. The summed E-state index contributed by atoms with van der Waals surface area (Å²) in [6, 6.07) is 5.75. The molecule has 0 saturated carbocycles. The van der Waals surface area contributed by atoms with Gasteiger partial charge < -0.3 is 10.2 Å². The van der Waals surface area contributed by atoms with Gasteiger partial charge in [0.1, 0.15) is 0 Å². The van der Waals surface area contributed by atoms with Crippen LogP contribution in [0, 0.1) is 12.3 Å². The van der Waals surface area contributed by atoms with Crippen LogP contribution in [0.3, 0.4) is 0 Å². The Morgan fingerprint density at radius 1 is 1.35 bits per heavy atom. The first-order chi connectivity index (χ1) is 10.8. The molecule has 0 radical (unpaired) electrons. The number of rotatable bonds is 3. The molecule has 0 amide bonds. The summed E-state index contributed by atoms with van der Waals surface area (Å²) in [7, 11) is 0. The second-order valence-corrected chi connectivity index (χ2v) is 8.27. The van der Waals surface area contributed by atoms with Gasteiger partial charge in [0.25, 0.3) is 0 Å². The van der Waals surface area contributed by atoms with Crippen LogP contribution in [0.25, 0.3) is 10.4 Å². The molecule has 23 heavy (non-hydrogen) atoms. The average Bonchev–Trinajstić information content (AvgIpc) is 2.83. The lowest BCUT2D eigenvalue weighted by molar-refractivity contribution is 0.0696. The molecule has 0 fully saturated rings. The van der Waals surface area contributed by atoms with Crippen LogP contribution in [0.15, 0.2) is 18.2 Å². The molecule has 0 saturated heterocycles. The number of aromatic carboxylic acids is 1. The van der Waals surface area contributed by atoms with E-state index in [0.717, 1.165) is 46.4 Å². The van der Waals surface area contributed by atoms with E-state index in [1.54, 1.807) is 11.3 Å². The minimum Gasteiger partial charge on any atom is -0.478 e. The van der Waals surface area contributed by atoms with Gasteiger partial charge in [-0.05, 0) is 53.9 Å². The first kappa shape index (κ1) is 16.2. The minimum atomic E-state index is -0.833. The molecule has 122 valence electrons. The molecule has 1 aliphatic carbocycles. The zero-order valence-corrected chi connectivity index (χ0v) is 14.6. The third kappa shape index (κ3) is 2.93. The van der Waals surface area contributed by atoms with Gasteiger partial charge in [-0.25, -0.2) is 4.79 Å². The van der Waals surface area contributed by atoms with E-state index in [9.17, 15) is 15.0 Å². The predicted molar refractivity (Wildman–Crippen MR) is 93.2 cm³/mol. The van der Waals surface area contributed by atoms with Crippen molar-refractivity contribution in [3.63, 3.8) is 0 Å². The maximum absolute atomic E-state index is 11.9. The van der Waals surface area contributed by atoms with E-state index in [4.69, 9.17) is 0 Å². The maximum Gasteiger partial charge on any atom is 0.337 e. The summed E-state index contributed by atoms with van der Waals surface area (Å²) in [5.41, 5.74) is 4.50. The van der Waals surface area contributed by atoms with Crippen molar-refractivity contribution in [3.8, 4) is 10.4 Å². The molecule has 0 spiro atoms. The summed E-state index contributed by atoms with van der Waals surface area (Å²) < 4.78 is 0. The van der Waals surface area contributed by atoms with E-state index < -0.39 is 5.97 Å². The fourth-order valence-electron chi connectivity index (χ4n) is 3.41. The van der Waals surface area contributed by atoms with E-state index >= 15 is 0 Å². The van der Waals surface area contributed by atoms with Crippen molar-refractivity contribution in [1.29, 1.82) is 0 Å². The normalized spacial score (nSPS) is 16.2. The first-order valence-corrected chi connectivity index (χ1v) is 8.72. The lowest BCUT2D eigenvalue weighted by Crippen LogP contribution is -2.22. The Bertz CT molecular complexity index is 771. The van der Waals surface area contributed by atoms with Crippen LogP contribution in [0.4, 0.5) is 0 Å². The summed E-state index contributed by atoms with van der Waals surface area (Å²) in [5.74, 6) is -0.833. The van der Waals surface area contributed by atoms with Crippen LogP contribution in [0.2, 0.25) is 0 Å². The van der Waals surface area contributed by atoms with Crippen LogP contribution in [0.1, 0.15) is 52.2 Å². The maximum atomic E-state index is 11.9. The van der Waals surface area contributed by atoms with Crippen molar-refractivity contribution in [3.05, 3.63) is 45.3 Å². The molecule has 1 aliphatic rings. The molecule has 0 bridgehead atoms. The number of carbonyl (C=O) groups is 1. The van der Waals surface area contributed by atoms with Crippen molar-refractivity contribution >= 4 is 17.3 Å². The minimum absolute atomic E-state index is 0.00202. The van der Waals surface area contributed by atoms with Gasteiger partial charge in [0.05, 0.1) is 12.2 Å². The van der Waals surface area contributed by atoms with Gasteiger partial charge >= 0.3 is 5.97 Å². The Balaban J connectivity index is 2.18. The summed E-state index contributed by atoms with van der Waals surface area (Å²) in [4.78, 5) is 14.0. The van der Waals surface area contributed by atoms with E-state index in [0.29, 0.717) is 5.56 Å². The van der Waals surface area contributed by atoms with Gasteiger partial charge in [0.15, 0.2) is 0 Å². The Morgan fingerprint density at radius 2 is 2.09 bits per heavy atom. The highest BCUT2D eigenvalue weighted by molar-refractivity contribution is 7.16. The van der Waals surface area contributed by atoms with Gasteiger partial charge in [-0.2, -0.15) is 0 Å². The number of hydrogen-bond acceptors (Lipinski definition) is 3. The molecular weight excluding hydrogens is 308 g/mol. The average molecular weight is 330 g/mol. The largest absolute Gasteiger partial charge is 0.478 e. The number of carboxylic acid groups (broad SMARTS) is 1. The van der Waals surface area contributed by atoms with Crippen molar-refractivity contribution in [2.24, 2.45) is 5.41 Å². The Morgan fingerprint density at radius 3 is 2.70 bits per heavy atom. The van der Waals surface area contributed by atoms with Gasteiger partial charge in [-0.1, -0.05) is 32.0 Å². The van der Waals surface area contributed by atoms with E-state index in [-0.39, 0.29) is 12.0 Å². The molecule has 0 unspecified atom stereocenters. The highest BCUT2D eigenvalue weighted by atomic mass is 32.1. The van der Waals surface area contributed by atoms with E-state index in [2.05, 4.69) is 13.8 Å². The molecule has 3 rings (SSSR count). The summed E-state index contributed by atoms with van der Waals surface area (Å²) in [6.45, 7) is 6.39. The zero-order valence-electron chi connectivity index (χ0n) is 13.8. The second kappa shape index (κ2) is 5.77. The number of carboxylic acids is 1. The van der Waals surface area contributed by atoms with Gasteiger partial charge in [0.2, 0.25) is 0 Å². The molecule has 1 heterocycles. The zero-order chi connectivity index (χ0) is 16.8. The molecule has 0 aliphatic heterocycles. The van der Waals surface area contributed by atoms with Crippen LogP contribution < -0.4 is 0 Å². The lowest BCUT2D eigenvalue weighted by Gasteiger charge is -2.29. The van der Waals surface area contributed by atoms with E-state index in [1.807, 2.05) is 25.1 Å². The summed E-state index contributed by atoms with van der Waals surface area (Å²) in [5, 5.41) is 19.1. The SMILES string of the molecule is Cc1cc(CO)ccc1-c1sc2c(c1C(=O)O)CC(C)(C)CC2. The number of benzene rings is 1. The second-order valence-electron chi connectivity index (χ2n) is 7.16. The molecule has 3 nitrogen and oxygen atoms in total. The third-order valence-corrected chi connectivity index (χ3v) is 6.03. The summed E-state index contributed by atoms with van der Waals surface area (Å²) >= 11 is 1.63. The van der Waals surface area contributed by atoms with Crippen LogP contribution >= 0.6 is 11.3 Å². The van der Waals surface area contributed by atoms with Gasteiger partial charge in [-0.3, -0.25) is 0 Å². The fourth-order valence-corrected chi connectivity index (χ4v) is 4.81. The highest BCUT2D eigenvalue weighted by Gasteiger charge is 2.33. The Labute approximate surface area is 140 Å². The predicted octanol–water partition coefficient (Wildman–Crippen LogP) is 4.43. The van der Waals surface area contributed by atoms with Crippen LogP contribution in [-0.2, 0) is 19.4 Å². The lowest BCUT2D eigenvalue weighted by atomic mass is 9.76. The highest BCUT2D eigenvalue weighted by Crippen LogP contribution is 2.45. The molecule has 4 heteroatoms. The number of aryl methyl sites for hydroxylation is 2. The Hall–Kier alpha value is -1.65. The molecule has 1 aromatic carbocycles. The Kier molecular flexibility index (Phi) is 4.07. The quantitative estimate of drug-likeness (QED) is 0.875. The standard InChI is InChI=1S/C19H22O3S/c1-11-8-12(10-20)4-5-13(11)17-16(18(21)22)14-9-19(2,3)7-6-15(14)23-17/h4-5,8,20H,6-7,9-10H2,1-3H3,(H,21,22). The molecule has 1 aromatic heterocycles. The van der Waals surface area contributed by atoms with Crippen molar-refractivity contribution < 1.29 is 15.0 Å². The molecule has 0 atom stereocenters. The van der Waals surface area contributed by atoms with Gasteiger partial charge in [0, 0.05) is 9.75 Å². The monoisotopic (exact) mass is 330 g/mol. The number of thiophene rings is 1. The van der Waals surface area contributed by atoms with Crippen LogP contribution in [0.5, 0.6) is 0 Å².